The van der Waals surface area contributed by atoms with Crippen LogP contribution in [0.25, 0.3) is 0 Å². The molecule has 0 saturated heterocycles. The third-order valence-electron chi connectivity index (χ3n) is 3.64. The number of carbonyl (C=O) groups excluding carboxylic acids is 1. The van der Waals surface area contributed by atoms with Crippen molar-refractivity contribution >= 4 is 17.5 Å². The molecule has 3 nitrogen and oxygen atoms in total. The summed E-state index contributed by atoms with van der Waals surface area (Å²) in [6, 6.07) is 7.44. The van der Waals surface area contributed by atoms with Crippen molar-refractivity contribution in [3.05, 3.63) is 34.9 Å². The van der Waals surface area contributed by atoms with E-state index in [0.717, 1.165) is 12.0 Å². The van der Waals surface area contributed by atoms with Gasteiger partial charge >= 0.3 is 0 Å². The van der Waals surface area contributed by atoms with Crippen molar-refractivity contribution < 1.29 is 4.79 Å². The summed E-state index contributed by atoms with van der Waals surface area (Å²) in [4.78, 5) is 14.1. The molecule has 1 rings (SSSR count). The molecule has 0 aromatic heterocycles. The van der Waals surface area contributed by atoms with Crippen LogP contribution in [0, 0.1) is 5.41 Å². The van der Waals surface area contributed by atoms with Crippen molar-refractivity contribution in [3.63, 3.8) is 0 Å². The quantitative estimate of drug-likeness (QED) is 0.893. The summed E-state index contributed by atoms with van der Waals surface area (Å²) in [6.07, 6.45) is 1.19. The van der Waals surface area contributed by atoms with Gasteiger partial charge in [0, 0.05) is 24.5 Å². The first-order valence-corrected chi connectivity index (χ1v) is 7.75. The van der Waals surface area contributed by atoms with Crippen LogP contribution in [0.5, 0.6) is 0 Å². The van der Waals surface area contributed by atoms with Crippen molar-refractivity contribution in [2.45, 2.75) is 52.6 Å². The molecular weight excluding hydrogens is 284 g/mol. The van der Waals surface area contributed by atoms with Gasteiger partial charge in [-0.3, -0.25) is 4.79 Å². The Labute approximate surface area is 133 Å². The van der Waals surface area contributed by atoms with Gasteiger partial charge in [-0.2, -0.15) is 0 Å². The van der Waals surface area contributed by atoms with Gasteiger partial charge in [0.2, 0.25) is 5.91 Å². The number of nitrogens with zero attached hydrogens (tertiary/aromatic N) is 1. The first-order valence-electron chi connectivity index (χ1n) is 7.37. The topological polar surface area (TPSA) is 46.3 Å². The summed E-state index contributed by atoms with van der Waals surface area (Å²) in [5.41, 5.74) is 7.18. The minimum atomic E-state index is -0.113. The highest BCUT2D eigenvalue weighted by Crippen LogP contribution is 2.27. The third kappa shape index (κ3) is 5.68. The molecule has 0 aliphatic heterocycles. The molecule has 1 amide bonds. The Bertz CT molecular complexity index is 482. The summed E-state index contributed by atoms with van der Waals surface area (Å²) < 4.78 is 0. The summed E-state index contributed by atoms with van der Waals surface area (Å²) in [6.45, 7) is 8.38. The van der Waals surface area contributed by atoms with Crippen molar-refractivity contribution in [2.75, 3.05) is 7.05 Å². The Morgan fingerprint density at radius 2 is 1.90 bits per heavy atom. The molecule has 0 bridgehead atoms. The van der Waals surface area contributed by atoms with E-state index < -0.39 is 0 Å². The minimum Gasteiger partial charge on any atom is -0.339 e. The van der Waals surface area contributed by atoms with Crippen molar-refractivity contribution in [1.82, 2.24) is 4.90 Å². The Kier molecular flexibility index (Phi) is 6.24. The monoisotopic (exact) mass is 310 g/mol. The molecule has 2 unspecified atom stereocenters. The Balaban J connectivity index is 2.68. The van der Waals surface area contributed by atoms with E-state index in [1.54, 1.807) is 11.9 Å². The summed E-state index contributed by atoms with van der Waals surface area (Å²) in [7, 11) is 1.81. The summed E-state index contributed by atoms with van der Waals surface area (Å²) in [5.74, 6) is 0.0548. The minimum absolute atomic E-state index is 0.0548. The number of rotatable bonds is 5. The van der Waals surface area contributed by atoms with Gasteiger partial charge in [-0.1, -0.05) is 50.6 Å². The van der Waals surface area contributed by atoms with Crippen LogP contribution in [0.3, 0.4) is 0 Å². The lowest BCUT2D eigenvalue weighted by molar-refractivity contribution is -0.132. The van der Waals surface area contributed by atoms with Crippen LogP contribution in [0.2, 0.25) is 5.02 Å². The van der Waals surface area contributed by atoms with Crippen molar-refractivity contribution in [2.24, 2.45) is 11.1 Å². The second-order valence-electron chi connectivity index (χ2n) is 6.93. The predicted molar refractivity (Wildman–Crippen MR) is 89.3 cm³/mol. The van der Waals surface area contributed by atoms with Crippen molar-refractivity contribution in [3.8, 4) is 0 Å². The maximum Gasteiger partial charge on any atom is 0.224 e. The highest BCUT2D eigenvalue weighted by molar-refractivity contribution is 6.31. The fourth-order valence-corrected chi connectivity index (χ4v) is 2.76. The molecule has 1 aromatic rings. The Hall–Kier alpha value is -1.06. The standard InChI is InChI=1S/C17H27ClN2O/c1-12(14-8-6-7-9-15(14)18)20(5)16(21)10-13(19)11-17(2,3)4/h6-9,12-13H,10-11,19H2,1-5H3. The first-order chi connectivity index (χ1) is 9.61. The molecule has 118 valence electrons. The number of nitrogens with two attached hydrogens (primary N) is 1. The number of carbonyl (C=O) groups is 1. The summed E-state index contributed by atoms with van der Waals surface area (Å²) >= 11 is 6.20. The molecule has 0 heterocycles. The van der Waals surface area contributed by atoms with Crippen LogP contribution in [0.4, 0.5) is 0 Å². The van der Waals surface area contributed by atoms with Gasteiger partial charge in [0.1, 0.15) is 0 Å². The lowest BCUT2D eigenvalue weighted by Crippen LogP contribution is -2.36. The van der Waals surface area contributed by atoms with Crippen LogP contribution < -0.4 is 5.73 Å². The zero-order valence-electron chi connectivity index (χ0n) is 13.7. The van der Waals surface area contributed by atoms with E-state index in [1.807, 2.05) is 31.2 Å². The van der Waals surface area contributed by atoms with Gasteiger partial charge in [-0.05, 0) is 30.4 Å². The van der Waals surface area contributed by atoms with Crippen LogP contribution in [0.1, 0.15) is 52.1 Å². The number of halogens is 1. The van der Waals surface area contributed by atoms with Gasteiger partial charge in [0.15, 0.2) is 0 Å². The normalized spacial score (nSPS) is 14.6. The van der Waals surface area contributed by atoms with Gasteiger partial charge < -0.3 is 10.6 Å². The van der Waals surface area contributed by atoms with Crippen LogP contribution >= 0.6 is 11.6 Å². The first kappa shape index (κ1) is 18.0. The zero-order chi connectivity index (χ0) is 16.2. The van der Waals surface area contributed by atoms with Gasteiger partial charge in [0.05, 0.1) is 6.04 Å². The fraction of sp³-hybridized carbons (Fsp3) is 0.588. The van der Waals surface area contributed by atoms with Gasteiger partial charge in [-0.25, -0.2) is 0 Å². The van der Waals surface area contributed by atoms with E-state index in [4.69, 9.17) is 17.3 Å². The summed E-state index contributed by atoms with van der Waals surface area (Å²) in [5, 5.41) is 0.684. The average molecular weight is 311 g/mol. The Morgan fingerprint density at radius 1 is 1.33 bits per heavy atom. The molecule has 2 N–H and O–H groups in total. The Morgan fingerprint density at radius 3 is 2.43 bits per heavy atom. The lowest BCUT2D eigenvalue weighted by atomic mass is 9.87. The molecule has 0 fully saturated rings. The van der Waals surface area contributed by atoms with E-state index >= 15 is 0 Å². The molecule has 1 aromatic carbocycles. The van der Waals surface area contributed by atoms with E-state index in [2.05, 4.69) is 20.8 Å². The second-order valence-corrected chi connectivity index (χ2v) is 7.34. The molecule has 0 radical (unpaired) electrons. The molecule has 0 saturated carbocycles. The number of hydrogen-bond acceptors (Lipinski definition) is 2. The van der Waals surface area contributed by atoms with Crippen molar-refractivity contribution in [1.29, 1.82) is 0 Å². The second kappa shape index (κ2) is 7.28. The number of hydrogen-bond donors (Lipinski definition) is 1. The highest BCUT2D eigenvalue weighted by atomic mass is 35.5. The molecule has 2 atom stereocenters. The predicted octanol–water partition coefficient (Wildman–Crippen LogP) is 4.01. The van der Waals surface area contributed by atoms with E-state index in [-0.39, 0.29) is 23.4 Å². The van der Waals surface area contributed by atoms with Gasteiger partial charge in [-0.15, -0.1) is 0 Å². The third-order valence-corrected chi connectivity index (χ3v) is 3.99. The molecule has 21 heavy (non-hydrogen) atoms. The number of benzene rings is 1. The lowest BCUT2D eigenvalue weighted by Gasteiger charge is -2.29. The van der Waals surface area contributed by atoms with Crippen LogP contribution in [0.15, 0.2) is 24.3 Å². The largest absolute Gasteiger partial charge is 0.339 e. The zero-order valence-corrected chi connectivity index (χ0v) is 14.4. The average Bonchev–Trinajstić information content (AvgIpc) is 2.35. The van der Waals surface area contributed by atoms with Crippen LogP contribution in [-0.2, 0) is 4.79 Å². The molecular formula is C17H27ClN2O. The molecule has 0 spiro atoms. The SMILES string of the molecule is CC(c1ccccc1Cl)N(C)C(=O)CC(N)CC(C)(C)C. The molecule has 0 aliphatic rings. The fourth-order valence-electron chi connectivity index (χ4n) is 2.47. The molecule has 4 heteroatoms. The van der Waals surface area contributed by atoms with Crippen LogP contribution in [-0.4, -0.2) is 23.9 Å². The highest BCUT2D eigenvalue weighted by Gasteiger charge is 2.23. The van der Waals surface area contributed by atoms with E-state index in [0.29, 0.717) is 11.4 Å². The molecule has 0 aliphatic carbocycles. The smallest absolute Gasteiger partial charge is 0.224 e. The van der Waals surface area contributed by atoms with Gasteiger partial charge in [0.25, 0.3) is 0 Å². The van der Waals surface area contributed by atoms with E-state index in [1.165, 1.54) is 0 Å². The maximum atomic E-state index is 12.4. The van der Waals surface area contributed by atoms with E-state index in [9.17, 15) is 4.79 Å². The number of amides is 1. The maximum absolute atomic E-state index is 12.4.